The molecule has 1 atom stereocenters. The largest absolute Gasteiger partial charge is 0.396 e. The quantitative estimate of drug-likeness (QED) is 0.804. The van der Waals surface area contributed by atoms with E-state index in [0.29, 0.717) is 10.9 Å². The molecular weight excluding hydrogens is 246 g/mol. The number of aliphatic hydroxyl groups is 1. The standard InChI is InChI=1S/C13H19N3OS/c14-13(18)11-3-5-15-12(8-11)16-6-1-2-10(9-16)4-7-17/h3,5,8,10,17H,1-2,4,6-7,9H2,(H2,14,18). The summed E-state index contributed by atoms with van der Waals surface area (Å²) in [7, 11) is 0. The minimum atomic E-state index is 0.263. The Kier molecular flexibility index (Phi) is 4.49. The van der Waals surface area contributed by atoms with Gasteiger partial charge in [0.25, 0.3) is 0 Å². The van der Waals surface area contributed by atoms with Crippen molar-refractivity contribution in [2.24, 2.45) is 11.7 Å². The predicted octanol–water partition coefficient (Wildman–Crippen LogP) is 1.31. The van der Waals surface area contributed by atoms with Gasteiger partial charge in [0.2, 0.25) is 0 Å². The first-order chi connectivity index (χ1) is 8.70. The van der Waals surface area contributed by atoms with Crippen LogP contribution in [0.15, 0.2) is 18.3 Å². The molecule has 0 aliphatic carbocycles. The van der Waals surface area contributed by atoms with E-state index in [-0.39, 0.29) is 6.61 Å². The molecule has 1 unspecified atom stereocenters. The van der Waals surface area contributed by atoms with Crippen molar-refractivity contribution in [1.82, 2.24) is 4.98 Å². The molecule has 1 aromatic rings. The van der Waals surface area contributed by atoms with Crippen molar-refractivity contribution in [3.05, 3.63) is 23.9 Å². The summed E-state index contributed by atoms with van der Waals surface area (Å²) in [5.74, 6) is 1.49. The molecular formula is C13H19N3OS. The lowest BCUT2D eigenvalue weighted by atomic mass is 9.95. The molecule has 1 aromatic heterocycles. The van der Waals surface area contributed by atoms with Gasteiger partial charge in [0, 0.05) is 31.5 Å². The Labute approximate surface area is 113 Å². The number of nitrogens with zero attached hydrogens (tertiary/aromatic N) is 2. The van der Waals surface area contributed by atoms with E-state index in [1.165, 1.54) is 6.42 Å². The van der Waals surface area contributed by atoms with Crippen molar-refractivity contribution in [3.63, 3.8) is 0 Å². The first kappa shape index (κ1) is 13.2. The van der Waals surface area contributed by atoms with Crippen molar-refractivity contribution in [3.8, 4) is 0 Å². The number of anilines is 1. The molecule has 0 aromatic carbocycles. The lowest BCUT2D eigenvalue weighted by Crippen LogP contribution is -2.36. The predicted molar refractivity (Wildman–Crippen MR) is 76.8 cm³/mol. The Morgan fingerprint density at radius 1 is 1.61 bits per heavy atom. The Balaban J connectivity index is 2.10. The molecule has 2 rings (SSSR count). The fourth-order valence-corrected chi connectivity index (χ4v) is 2.56. The first-order valence-electron chi connectivity index (χ1n) is 6.32. The maximum Gasteiger partial charge on any atom is 0.129 e. The van der Waals surface area contributed by atoms with E-state index in [9.17, 15) is 0 Å². The van der Waals surface area contributed by atoms with Crippen LogP contribution in [0.2, 0.25) is 0 Å². The van der Waals surface area contributed by atoms with Crippen LogP contribution >= 0.6 is 12.2 Å². The Hall–Kier alpha value is -1.20. The molecule has 1 fully saturated rings. The van der Waals surface area contributed by atoms with Crippen LogP contribution in [0, 0.1) is 5.92 Å². The van der Waals surface area contributed by atoms with Gasteiger partial charge in [-0.3, -0.25) is 0 Å². The van der Waals surface area contributed by atoms with Crippen LogP contribution < -0.4 is 10.6 Å². The molecule has 0 spiro atoms. The van der Waals surface area contributed by atoms with Gasteiger partial charge in [-0.15, -0.1) is 0 Å². The topological polar surface area (TPSA) is 62.4 Å². The van der Waals surface area contributed by atoms with E-state index in [1.54, 1.807) is 6.20 Å². The van der Waals surface area contributed by atoms with Gasteiger partial charge in [-0.1, -0.05) is 12.2 Å². The van der Waals surface area contributed by atoms with Crippen LogP contribution in [0.3, 0.4) is 0 Å². The lowest BCUT2D eigenvalue weighted by Gasteiger charge is -2.33. The summed E-state index contributed by atoms with van der Waals surface area (Å²) in [6.07, 6.45) is 4.95. The average Bonchev–Trinajstić information content (AvgIpc) is 2.39. The number of hydrogen-bond donors (Lipinski definition) is 2. The Morgan fingerprint density at radius 3 is 3.17 bits per heavy atom. The summed E-state index contributed by atoms with van der Waals surface area (Å²) in [5, 5.41) is 9.02. The van der Waals surface area contributed by atoms with Crippen LogP contribution in [0.1, 0.15) is 24.8 Å². The number of piperidine rings is 1. The first-order valence-corrected chi connectivity index (χ1v) is 6.73. The van der Waals surface area contributed by atoms with Gasteiger partial charge in [-0.2, -0.15) is 0 Å². The van der Waals surface area contributed by atoms with Gasteiger partial charge in [0.05, 0.1) is 0 Å². The maximum atomic E-state index is 9.02. The molecule has 4 nitrogen and oxygen atoms in total. The van der Waals surface area contributed by atoms with Gasteiger partial charge in [-0.05, 0) is 37.3 Å². The molecule has 0 bridgehead atoms. The van der Waals surface area contributed by atoms with Crippen LogP contribution in [-0.2, 0) is 0 Å². The van der Waals surface area contributed by atoms with E-state index in [2.05, 4.69) is 9.88 Å². The number of hydrogen-bond acceptors (Lipinski definition) is 4. The van der Waals surface area contributed by atoms with Gasteiger partial charge in [0.1, 0.15) is 10.8 Å². The van der Waals surface area contributed by atoms with Crippen molar-refractivity contribution < 1.29 is 5.11 Å². The van der Waals surface area contributed by atoms with E-state index in [4.69, 9.17) is 23.1 Å². The van der Waals surface area contributed by atoms with E-state index < -0.39 is 0 Å². The van der Waals surface area contributed by atoms with Crippen LogP contribution in [-0.4, -0.2) is 34.8 Å². The second-order valence-corrected chi connectivity index (χ2v) is 5.17. The summed E-state index contributed by atoms with van der Waals surface area (Å²) >= 11 is 4.99. The molecule has 1 aliphatic rings. The highest BCUT2D eigenvalue weighted by Crippen LogP contribution is 2.23. The number of rotatable bonds is 4. The molecule has 2 heterocycles. The molecule has 0 saturated carbocycles. The minimum Gasteiger partial charge on any atom is -0.396 e. The fourth-order valence-electron chi connectivity index (χ4n) is 2.44. The summed E-state index contributed by atoms with van der Waals surface area (Å²) in [6.45, 7) is 2.23. The number of aromatic nitrogens is 1. The Bertz CT molecular complexity index is 422. The van der Waals surface area contributed by atoms with Crippen LogP contribution in [0.4, 0.5) is 5.82 Å². The number of aliphatic hydroxyl groups excluding tert-OH is 1. The summed E-state index contributed by atoms with van der Waals surface area (Å²) in [6, 6.07) is 3.78. The zero-order valence-electron chi connectivity index (χ0n) is 10.4. The lowest BCUT2D eigenvalue weighted by molar-refractivity contribution is 0.244. The summed E-state index contributed by atoms with van der Waals surface area (Å²) in [5.41, 5.74) is 6.50. The van der Waals surface area contributed by atoms with Gasteiger partial charge >= 0.3 is 0 Å². The maximum absolute atomic E-state index is 9.02. The van der Waals surface area contributed by atoms with Gasteiger partial charge in [-0.25, -0.2) is 4.98 Å². The third-order valence-electron chi connectivity index (χ3n) is 3.41. The smallest absolute Gasteiger partial charge is 0.129 e. The summed E-state index contributed by atoms with van der Waals surface area (Å²) in [4.78, 5) is 7.05. The van der Waals surface area contributed by atoms with Crippen molar-refractivity contribution >= 4 is 23.0 Å². The van der Waals surface area contributed by atoms with E-state index in [0.717, 1.165) is 37.3 Å². The van der Waals surface area contributed by atoms with Crippen LogP contribution in [0.25, 0.3) is 0 Å². The number of thiocarbonyl (C=S) groups is 1. The van der Waals surface area contributed by atoms with E-state index in [1.807, 2.05) is 12.1 Å². The van der Waals surface area contributed by atoms with Crippen LogP contribution in [0.5, 0.6) is 0 Å². The monoisotopic (exact) mass is 265 g/mol. The average molecular weight is 265 g/mol. The van der Waals surface area contributed by atoms with Gasteiger partial charge < -0.3 is 15.7 Å². The molecule has 98 valence electrons. The SMILES string of the molecule is NC(=S)c1ccnc(N2CCCC(CCO)C2)c1. The molecule has 1 saturated heterocycles. The molecule has 1 aliphatic heterocycles. The fraction of sp³-hybridized carbons (Fsp3) is 0.538. The number of nitrogens with two attached hydrogens (primary N) is 1. The Morgan fingerprint density at radius 2 is 2.44 bits per heavy atom. The normalized spacial score (nSPS) is 19.8. The third-order valence-corrected chi connectivity index (χ3v) is 3.65. The van der Waals surface area contributed by atoms with Gasteiger partial charge in [0.15, 0.2) is 0 Å². The summed E-state index contributed by atoms with van der Waals surface area (Å²) < 4.78 is 0. The van der Waals surface area contributed by atoms with Crippen molar-refractivity contribution in [2.45, 2.75) is 19.3 Å². The minimum absolute atomic E-state index is 0.263. The zero-order valence-corrected chi connectivity index (χ0v) is 11.2. The number of pyridine rings is 1. The molecule has 18 heavy (non-hydrogen) atoms. The third kappa shape index (κ3) is 3.17. The molecule has 0 radical (unpaired) electrons. The van der Waals surface area contributed by atoms with Crippen molar-refractivity contribution in [1.29, 1.82) is 0 Å². The van der Waals surface area contributed by atoms with E-state index >= 15 is 0 Å². The highest BCUT2D eigenvalue weighted by atomic mass is 32.1. The highest BCUT2D eigenvalue weighted by molar-refractivity contribution is 7.80. The molecule has 3 N–H and O–H groups in total. The van der Waals surface area contributed by atoms with Crippen molar-refractivity contribution in [2.75, 3.05) is 24.6 Å². The zero-order chi connectivity index (χ0) is 13.0. The molecule has 0 amide bonds. The highest BCUT2D eigenvalue weighted by Gasteiger charge is 2.20. The second kappa shape index (κ2) is 6.11. The second-order valence-electron chi connectivity index (χ2n) is 4.73. The molecule has 5 heteroatoms.